The van der Waals surface area contributed by atoms with Crippen molar-refractivity contribution in [2.45, 2.75) is 45.2 Å². The summed E-state index contributed by atoms with van der Waals surface area (Å²) >= 11 is 0. The van der Waals surface area contributed by atoms with Gasteiger partial charge in [0, 0.05) is 18.9 Å². The van der Waals surface area contributed by atoms with Crippen LogP contribution in [0.4, 0.5) is 0 Å². The molecular formula is C12H21N3O2. The molecule has 0 saturated carbocycles. The molecule has 5 nitrogen and oxygen atoms in total. The lowest BCUT2D eigenvalue weighted by atomic mass is 10.2. The second-order valence-electron chi connectivity index (χ2n) is 4.14. The number of hydrogen-bond acceptors (Lipinski definition) is 3. The third kappa shape index (κ3) is 5.49. The van der Waals surface area contributed by atoms with E-state index in [-0.39, 0.29) is 6.04 Å². The van der Waals surface area contributed by atoms with Crippen molar-refractivity contribution in [3.05, 3.63) is 18.7 Å². The Kier molecular flexibility index (Phi) is 6.32. The second-order valence-corrected chi connectivity index (χ2v) is 4.14. The van der Waals surface area contributed by atoms with Crippen LogP contribution in [0.5, 0.6) is 0 Å². The Labute approximate surface area is 102 Å². The summed E-state index contributed by atoms with van der Waals surface area (Å²) in [6.45, 7) is 4.16. The van der Waals surface area contributed by atoms with Gasteiger partial charge in [-0.25, -0.2) is 4.98 Å². The number of aryl methyl sites for hydroxylation is 1. The largest absolute Gasteiger partial charge is 0.480 e. The summed E-state index contributed by atoms with van der Waals surface area (Å²) in [6.07, 6.45) is 9.95. The molecule has 2 rings (SSSR count). The molecule has 1 atom stereocenters. The first-order valence-electron chi connectivity index (χ1n) is 6.16. The van der Waals surface area contributed by atoms with Gasteiger partial charge in [0.25, 0.3) is 0 Å². The average Bonchev–Trinajstić information content (AvgIpc) is 3.00. The van der Waals surface area contributed by atoms with E-state index < -0.39 is 5.97 Å². The zero-order valence-corrected chi connectivity index (χ0v) is 10.3. The number of nitrogens with one attached hydrogen (secondary N) is 1. The van der Waals surface area contributed by atoms with Gasteiger partial charge >= 0.3 is 5.97 Å². The minimum Gasteiger partial charge on any atom is -0.480 e. The fourth-order valence-electron chi connectivity index (χ4n) is 1.66. The fraction of sp³-hybridized carbons (Fsp3) is 0.667. The molecule has 2 heterocycles. The van der Waals surface area contributed by atoms with Crippen LogP contribution in [-0.4, -0.2) is 33.2 Å². The van der Waals surface area contributed by atoms with E-state index in [1.807, 2.05) is 18.7 Å². The van der Waals surface area contributed by atoms with E-state index in [1.54, 1.807) is 0 Å². The normalized spacial score (nSPS) is 18.5. The summed E-state index contributed by atoms with van der Waals surface area (Å²) < 4.78 is 2.10. The van der Waals surface area contributed by atoms with Crippen LogP contribution in [0.25, 0.3) is 0 Å². The topological polar surface area (TPSA) is 67.2 Å². The molecule has 0 radical (unpaired) electrons. The van der Waals surface area contributed by atoms with E-state index in [2.05, 4.69) is 21.8 Å². The summed E-state index contributed by atoms with van der Waals surface area (Å²) in [6, 6.07) is -0.269. The van der Waals surface area contributed by atoms with Gasteiger partial charge < -0.3 is 15.0 Å². The lowest BCUT2D eigenvalue weighted by Gasteiger charge is -1.99. The number of carboxylic acids is 1. The predicted molar refractivity (Wildman–Crippen MR) is 65.8 cm³/mol. The third-order valence-corrected chi connectivity index (χ3v) is 2.69. The van der Waals surface area contributed by atoms with Crippen molar-refractivity contribution in [2.24, 2.45) is 0 Å². The molecule has 0 aromatic carbocycles. The molecule has 5 heteroatoms. The molecule has 17 heavy (non-hydrogen) atoms. The molecule has 1 aromatic rings. The standard InChI is InChI=1S/C7H12N2.C5H9NO2/c1-2-3-5-9-6-4-8-7-9;7-5(8)4-2-1-3-6-4/h4,6-7H,2-3,5H2,1H3;4,6H,1-3H2,(H,7,8)/t;4-/m.0/s1. The molecule has 1 aromatic heterocycles. The van der Waals surface area contributed by atoms with Crippen molar-refractivity contribution < 1.29 is 9.90 Å². The number of hydrogen-bond donors (Lipinski definition) is 2. The van der Waals surface area contributed by atoms with E-state index in [1.165, 1.54) is 12.8 Å². The van der Waals surface area contributed by atoms with E-state index in [0.29, 0.717) is 0 Å². The molecule has 96 valence electrons. The van der Waals surface area contributed by atoms with Crippen LogP contribution in [0.1, 0.15) is 32.6 Å². The second kappa shape index (κ2) is 7.84. The maximum absolute atomic E-state index is 10.1. The summed E-state index contributed by atoms with van der Waals surface area (Å²) in [5.74, 6) is -0.720. The minimum absolute atomic E-state index is 0.269. The molecule has 1 aliphatic heterocycles. The van der Waals surface area contributed by atoms with Crippen molar-refractivity contribution in [3.63, 3.8) is 0 Å². The van der Waals surface area contributed by atoms with Gasteiger partial charge in [-0.2, -0.15) is 0 Å². The molecule has 2 N–H and O–H groups in total. The van der Waals surface area contributed by atoms with Crippen LogP contribution in [0.15, 0.2) is 18.7 Å². The number of rotatable bonds is 4. The van der Waals surface area contributed by atoms with Crippen LogP contribution in [-0.2, 0) is 11.3 Å². The van der Waals surface area contributed by atoms with Gasteiger partial charge in [0.15, 0.2) is 0 Å². The van der Waals surface area contributed by atoms with E-state index in [9.17, 15) is 4.79 Å². The fourth-order valence-corrected chi connectivity index (χ4v) is 1.66. The van der Waals surface area contributed by atoms with Gasteiger partial charge in [0.05, 0.1) is 6.33 Å². The zero-order valence-electron chi connectivity index (χ0n) is 10.3. The number of aliphatic carboxylic acids is 1. The molecule has 1 aliphatic rings. The Balaban J connectivity index is 0.000000171. The molecule has 1 fully saturated rings. The van der Waals surface area contributed by atoms with Crippen molar-refractivity contribution in [2.75, 3.05) is 6.54 Å². The van der Waals surface area contributed by atoms with Crippen LogP contribution >= 0.6 is 0 Å². The van der Waals surface area contributed by atoms with Gasteiger partial charge in [0.2, 0.25) is 0 Å². The van der Waals surface area contributed by atoms with Crippen LogP contribution in [0, 0.1) is 0 Å². The Morgan fingerprint density at radius 2 is 2.47 bits per heavy atom. The molecule has 0 unspecified atom stereocenters. The van der Waals surface area contributed by atoms with Crippen molar-refractivity contribution in [1.82, 2.24) is 14.9 Å². The molecule has 0 bridgehead atoms. The van der Waals surface area contributed by atoms with Gasteiger partial charge in [-0.15, -0.1) is 0 Å². The molecular weight excluding hydrogens is 218 g/mol. The van der Waals surface area contributed by atoms with Gasteiger partial charge in [-0.3, -0.25) is 4.79 Å². The van der Waals surface area contributed by atoms with Crippen LogP contribution < -0.4 is 5.32 Å². The van der Waals surface area contributed by atoms with Gasteiger partial charge in [0.1, 0.15) is 6.04 Å². The average molecular weight is 239 g/mol. The van der Waals surface area contributed by atoms with Crippen LogP contribution in [0.3, 0.4) is 0 Å². The van der Waals surface area contributed by atoms with E-state index in [4.69, 9.17) is 5.11 Å². The molecule has 0 aliphatic carbocycles. The highest BCUT2D eigenvalue weighted by Crippen LogP contribution is 2.03. The highest BCUT2D eigenvalue weighted by atomic mass is 16.4. The lowest BCUT2D eigenvalue weighted by molar-refractivity contribution is -0.139. The highest BCUT2D eigenvalue weighted by Gasteiger charge is 2.20. The van der Waals surface area contributed by atoms with E-state index >= 15 is 0 Å². The minimum atomic E-state index is -0.720. The first kappa shape index (κ1) is 13.7. The summed E-state index contributed by atoms with van der Waals surface area (Å²) in [7, 11) is 0. The molecule has 0 spiro atoms. The Morgan fingerprint density at radius 1 is 1.65 bits per heavy atom. The first-order chi connectivity index (χ1) is 8.24. The smallest absolute Gasteiger partial charge is 0.320 e. The monoisotopic (exact) mass is 239 g/mol. The SMILES string of the molecule is CCCCn1ccnc1.O=C(O)[C@@H]1CCCN1. The highest BCUT2D eigenvalue weighted by molar-refractivity contribution is 5.73. The summed E-state index contributed by atoms with van der Waals surface area (Å²) in [5.41, 5.74) is 0. The first-order valence-corrected chi connectivity index (χ1v) is 6.16. The summed E-state index contributed by atoms with van der Waals surface area (Å²) in [5, 5.41) is 11.2. The number of carbonyl (C=O) groups is 1. The van der Waals surface area contributed by atoms with Crippen molar-refractivity contribution >= 4 is 5.97 Å². The van der Waals surface area contributed by atoms with E-state index in [0.717, 1.165) is 25.9 Å². The maximum Gasteiger partial charge on any atom is 0.320 e. The lowest BCUT2D eigenvalue weighted by Crippen LogP contribution is -2.29. The number of carboxylic acid groups (broad SMARTS) is 1. The Bertz CT molecular complexity index is 306. The van der Waals surface area contributed by atoms with Crippen molar-refractivity contribution in [1.29, 1.82) is 0 Å². The van der Waals surface area contributed by atoms with Gasteiger partial charge in [-0.05, 0) is 25.8 Å². The van der Waals surface area contributed by atoms with Crippen LogP contribution in [0.2, 0.25) is 0 Å². The third-order valence-electron chi connectivity index (χ3n) is 2.69. The zero-order chi connectivity index (χ0) is 12.5. The maximum atomic E-state index is 10.1. The number of imidazole rings is 1. The van der Waals surface area contributed by atoms with Crippen molar-refractivity contribution in [3.8, 4) is 0 Å². The number of aromatic nitrogens is 2. The predicted octanol–water partition coefficient (Wildman–Crippen LogP) is 1.51. The number of unbranched alkanes of at least 4 members (excludes halogenated alkanes) is 1. The molecule has 1 saturated heterocycles. The number of nitrogens with zero attached hydrogens (tertiary/aromatic N) is 2. The van der Waals surface area contributed by atoms with Gasteiger partial charge in [-0.1, -0.05) is 13.3 Å². The molecule has 0 amide bonds. The summed E-state index contributed by atoms with van der Waals surface area (Å²) in [4.78, 5) is 14.1. The Morgan fingerprint density at radius 3 is 2.88 bits per heavy atom. The Hall–Kier alpha value is -1.36. The quantitative estimate of drug-likeness (QED) is 0.835.